The molecule has 0 spiro atoms. The van der Waals surface area contributed by atoms with E-state index in [2.05, 4.69) is 17.1 Å². The molecule has 1 heterocycles. The highest BCUT2D eigenvalue weighted by Gasteiger charge is 2.24. The van der Waals surface area contributed by atoms with Crippen LogP contribution < -0.4 is 0 Å². The maximum Gasteiger partial charge on any atom is 0.249 e. The summed E-state index contributed by atoms with van der Waals surface area (Å²) in [5.74, 6) is 0.886. The van der Waals surface area contributed by atoms with Gasteiger partial charge in [-0.15, -0.1) is 10.2 Å². The lowest BCUT2D eigenvalue weighted by atomic mass is 10.0. The summed E-state index contributed by atoms with van der Waals surface area (Å²) in [4.78, 5) is 14.4. The van der Waals surface area contributed by atoms with Gasteiger partial charge in [0, 0.05) is 12.0 Å². The van der Waals surface area contributed by atoms with E-state index in [1.807, 2.05) is 39.0 Å². The fourth-order valence-electron chi connectivity index (χ4n) is 2.56. The van der Waals surface area contributed by atoms with Gasteiger partial charge < -0.3 is 9.32 Å². The summed E-state index contributed by atoms with van der Waals surface area (Å²) >= 11 is 6.16. The lowest BCUT2D eigenvalue weighted by molar-refractivity contribution is -0.138. The van der Waals surface area contributed by atoms with Crippen molar-refractivity contribution in [2.75, 3.05) is 0 Å². The first-order chi connectivity index (χ1) is 11.4. The van der Waals surface area contributed by atoms with E-state index in [4.69, 9.17) is 16.0 Å². The van der Waals surface area contributed by atoms with E-state index >= 15 is 0 Å². The largest absolute Gasteiger partial charge is 0.419 e. The van der Waals surface area contributed by atoms with Crippen LogP contribution in [0.3, 0.4) is 0 Å². The van der Waals surface area contributed by atoms with Crippen molar-refractivity contribution in [1.29, 1.82) is 0 Å². The van der Waals surface area contributed by atoms with Crippen molar-refractivity contribution < 1.29 is 9.21 Å². The van der Waals surface area contributed by atoms with Crippen LogP contribution in [-0.4, -0.2) is 27.0 Å². The number of amides is 1. The summed E-state index contributed by atoms with van der Waals surface area (Å²) in [7, 11) is 0. The smallest absolute Gasteiger partial charge is 0.249 e. The van der Waals surface area contributed by atoms with Crippen LogP contribution in [0, 0.1) is 5.92 Å². The molecule has 1 aromatic heterocycles. The number of aromatic nitrogens is 2. The standard InChI is InChI=1S/C18H24ClN3O2/c1-5-8-13(4)18(23)22(12(2)3)11-16-20-21-17(24-16)14-9-6-7-10-15(14)19/h6-7,9-10,12-13H,5,8,11H2,1-4H3. The Morgan fingerprint density at radius 3 is 2.58 bits per heavy atom. The lowest BCUT2D eigenvalue weighted by Gasteiger charge is -2.28. The van der Waals surface area contributed by atoms with Gasteiger partial charge in [-0.2, -0.15) is 0 Å². The van der Waals surface area contributed by atoms with Gasteiger partial charge >= 0.3 is 0 Å². The van der Waals surface area contributed by atoms with Gasteiger partial charge in [0.05, 0.1) is 17.1 Å². The number of nitrogens with zero attached hydrogens (tertiary/aromatic N) is 3. The van der Waals surface area contributed by atoms with Gasteiger partial charge in [0.25, 0.3) is 0 Å². The molecule has 0 radical (unpaired) electrons. The highest BCUT2D eigenvalue weighted by molar-refractivity contribution is 6.33. The maximum absolute atomic E-state index is 12.6. The molecule has 1 unspecified atom stereocenters. The van der Waals surface area contributed by atoms with Crippen LogP contribution in [0.15, 0.2) is 28.7 Å². The maximum atomic E-state index is 12.6. The molecule has 0 bridgehead atoms. The molecule has 2 aromatic rings. The Balaban J connectivity index is 2.17. The lowest BCUT2D eigenvalue weighted by Crippen LogP contribution is -2.39. The summed E-state index contributed by atoms with van der Waals surface area (Å²) in [5.41, 5.74) is 0.694. The van der Waals surface area contributed by atoms with E-state index in [1.165, 1.54) is 0 Å². The second-order valence-electron chi connectivity index (χ2n) is 6.23. The molecule has 1 atom stereocenters. The molecular formula is C18H24ClN3O2. The van der Waals surface area contributed by atoms with Crippen LogP contribution in [0.5, 0.6) is 0 Å². The van der Waals surface area contributed by atoms with Gasteiger partial charge in [-0.1, -0.05) is 44.0 Å². The second kappa shape index (κ2) is 8.29. The summed E-state index contributed by atoms with van der Waals surface area (Å²) < 4.78 is 5.72. The molecule has 1 amide bonds. The Hall–Kier alpha value is -1.88. The fraction of sp³-hybridized carbons (Fsp3) is 0.500. The van der Waals surface area contributed by atoms with Gasteiger partial charge in [-0.3, -0.25) is 4.79 Å². The zero-order valence-electron chi connectivity index (χ0n) is 14.6. The van der Waals surface area contributed by atoms with Gasteiger partial charge in [-0.25, -0.2) is 0 Å². The van der Waals surface area contributed by atoms with Crippen molar-refractivity contribution in [3.8, 4) is 11.5 Å². The molecule has 5 nitrogen and oxygen atoms in total. The van der Waals surface area contributed by atoms with Gasteiger partial charge in [0.2, 0.25) is 17.7 Å². The van der Waals surface area contributed by atoms with Gasteiger partial charge in [0.15, 0.2) is 0 Å². The Morgan fingerprint density at radius 1 is 1.25 bits per heavy atom. The topological polar surface area (TPSA) is 59.2 Å². The Kier molecular flexibility index (Phi) is 6.37. The highest BCUT2D eigenvalue weighted by atomic mass is 35.5. The number of hydrogen-bond acceptors (Lipinski definition) is 4. The average molecular weight is 350 g/mol. The number of hydrogen-bond donors (Lipinski definition) is 0. The molecule has 0 aliphatic rings. The summed E-state index contributed by atoms with van der Waals surface area (Å²) in [5, 5.41) is 8.69. The minimum absolute atomic E-state index is 0.0108. The van der Waals surface area contributed by atoms with Crippen molar-refractivity contribution in [2.45, 2.75) is 53.1 Å². The van der Waals surface area contributed by atoms with Crippen LogP contribution >= 0.6 is 11.6 Å². The van der Waals surface area contributed by atoms with E-state index in [0.717, 1.165) is 12.8 Å². The molecule has 1 aromatic carbocycles. The molecule has 2 rings (SSSR count). The third-order valence-electron chi connectivity index (χ3n) is 3.93. The molecule has 0 saturated heterocycles. The number of rotatable bonds is 7. The SMILES string of the molecule is CCCC(C)C(=O)N(Cc1nnc(-c2ccccc2Cl)o1)C(C)C. The van der Waals surface area contributed by atoms with Crippen LogP contribution in [0.1, 0.15) is 46.4 Å². The normalized spacial score (nSPS) is 12.4. The quantitative estimate of drug-likeness (QED) is 0.735. The monoisotopic (exact) mass is 349 g/mol. The van der Waals surface area contributed by atoms with Crippen LogP contribution in [-0.2, 0) is 11.3 Å². The molecule has 24 heavy (non-hydrogen) atoms. The number of carbonyl (C=O) groups is 1. The zero-order valence-corrected chi connectivity index (χ0v) is 15.4. The van der Waals surface area contributed by atoms with Crippen molar-refractivity contribution in [3.05, 3.63) is 35.2 Å². The van der Waals surface area contributed by atoms with Crippen molar-refractivity contribution in [3.63, 3.8) is 0 Å². The number of carbonyl (C=O) groups excluding carboxylic acids is 1. The third-order valence-corrected chi connectivity index (χ3v) is 4.26. The highest BCUT2D eigenvalue weighted by Crippen LogP contribution is 2.26. The molecule has 0 saturated carbocycles. The summed E-state index contributed by atoms with van der Waals surface area (Å²) in [6, 6.07) is 7.37. The first kappa shape index (κ1) is 18.5. The summed E-state index contributed by atoms with van der Waals surface area (Å²) in [6.07, 6.45) is 1.85. The van der Waals surface area contributed by atoms with E-state index in [1.54, 1.807) is 11.0 Å². The van der Waals surface area contributed by atoms with Crippen LogP contribution in [0.4, 0.5) is 0 Å². The van der Waals surface area contributed by atoms with E-state index in [0.29, 0.717) is 28.9 Å². The molecule has 130 valence electrons. The first-order valence-corrected chi connectivity index (χ1v) is 8.69. The number of benzene rings is 1. The molecule has 0 N–H and O–H groups in total. The van der Waals surface area contributed by atoms with Crippen molar-refractivity contribution in [2.24, 2.45) is 5.92 Å². The van der Waals surface area contributed by atoms with Gasteiger partial charge in [0.1, 0.15) is 0 Å². The van der Waals surface area contributed by atoms with Crippen LogP contribution in [0.25, 0.3) is 11.5 Å². The molecule has 6 heteroatoms. The zero-order chi connectivity index (χ0) is 17.7. The Labute approximate surface area is 148 Å². The van der Waals surface area contributed by atoms with Crippen molar-refractivity contribution in [1.82, 2.24) is 15.1 Å². The minimum atomic E-state index is -0.0108. The third kappa shape index (κ3) is 4.35. The van der Waals surface area contributed by atoms with E-state index in [9.17, 15) is 4.79 Å². The molecule has 0 fully saturated rings. The number of halogens is 1. The second-order valence-corrected chi connectivity index (χ2v) is 6.64. The van der Waals surface area contributed by atoms with Gasteiger partial charge in [-0.05, 0) is 32.4 Å². The first-order valence-electron chi connectivity index (χ1n) is 8.31. The van der Waals surface area contributed by atoms with Crippen molar-refractivity contribution >= 4 is 17.5 Å². The Morgan fingerprint density at radius 2 is 1.96 bits per heavy atom. The molecular weight excluding hydrogens is 326 g/mol. The average Bonchev–Trinajstić information content (AvgIpc) is 3.00. The van der Waals surface area contributed by atoms with Crippen LogP contribution in [0.2, 0.25) is 5.02 Å². The predicted octanol–water partition coefficient (Wildman–Crippen LogP) is 4.56. The molecule has 0 aliphatic carbocycles. The summed E-state index contributed by atoms with van der Waals surface area (Å²) in [6.45, 7) is 8.33. The van der Waals surface area contributed by atoms with E-state index < -0.39 is 0 Å². The minimum Gasteiger partial charge on any atom is -0.419 e. The Bertz CT molecular complexity index is 684. The predicted molar refractivity (Wildman–Crippen MR) is 94.5 cm³/mol. The van der Waals surface area contributed by atoms with E-state index in [-0.39, 0.29) is 17.9 Å². The fourth-order valence-corrected chi connectivity index (χ4v) is 2.78. The molecule has 0 aliphatic heterocycles.